The Morgan fingerprint density at radius 1 is 1.10 bits per heavy atom. The highest BCUT2D eigenvalue weighted by Crippen LogP contribution is 2.31. The van der Waals surface area contributed by atoms with E-state index in [9.17, 15) is 4.79 Å². The van der Waals surface area contributed by atoms with Crippen LogP contribution in [0.1, 0.15) is 22.5 Å². The molecule has 3 aromatic rings. The maximum atomic E-state index is 12.0. The Morgan fingerprint density at radius 2 is 1.86 bits per heavy atom. The van der Waals surface area contributed by atoms with E-state index < -0.39 is 0 Å². The number of nitrogens with one attached hydrogen (secondary N) is 1. The Bertz CT molecular complexity index is 1070. The molecule has 1 N–H and O–H groups in total. The second kappa shape index (κ2) is 9.16. The largest absolute Gasteiger partial charge is 0.483 e. The van der Waals surface area contributed by atoms with Gasteiger partial charge in [0.15, 0.2) is 6.61 Å². The second-order valence-electron chi connectivity index (χ2n) is 6.56. The lowest BCUT2D eigenvalue weighted by Crippen LogP contribution is -2.25. The summed E-state index contributed by atoms with van der Waals surface area (Å²) in [5.41, 5.74) is 6.21. The third-order valence-electron chi connectivity index (χ3n) is 4.42. The monoisotopic (exact) mass is 430 g/mol. The van der Waals surface area contributed by atoms with E-state index in [1.54, 1.807) is 30.3 Å². The van der Waals surface area contributed by atoms with Crippen LogP contribution in [0.3, 0.4) is 0 Å². The van der Waals surface area contributed by atoms with Crippen LogP contribution in [-0.2, 0) is 4.79 Å². The first-order chi connectivity index (χ1) is 13.8. The Kier molecular flexibility index (Phi) is 6.62. The number of amides is 1. The fraction of sp³-hybridized carbons (Fsp3) is 0.182. The predicted octanol–water partition coefficient (Wildman–Crippen LogP) is 5.71. The first kappa shape index (κ1) is 21.0. The third kappa shape index (κ3) is 5.19. The topological polar surface area (TPSA) is 63.8 Å². The minimum absolute atomic E-state index is 0.135. The Balaban J connectivity index is 1.58. The van der Waals surface area contributed by atoms with E-state index >= 15 is 0 Å². The fourth-order valence-electron chi connectivity index (χ4n) is 2.74. The summed E-state index contributed by atoms with van der Waals surface area (Å²) < 4.78 is 11.3. The summed E-state index contributed by atoms with van der Waals surface area (Å²) in [6.07, 6.45) is 1.41. The number of carbonyl (C=O) groups is 1. The van der Waals surface area contributed by atoms with Gasteiger partial charge < -0.3 is 9.15 Å². The van der Waals surface area contributed by atoms with Crippen molar-refractivity contribution in [1.29, 1.82) is 0 Å². The second-order valence-corrected chi connectivity index (χ2v) is 7.41. The smallest absolute Gasteiger partial charge is 0.277 e. The van der Waals surface area contributed by atoms with Gasteiger partial charge in [0.05, 0.1) is 11.2 Å². The van der Waals surface area contributed by atoms with Crippen molar-refractivity contribution in [2.75, 3.05) is 6.61 Å². The number of carbonyl (C=O) groups excluding carboxylic acids is 1. The van der Waals surface area contributed by atoms with Crippen molar-refractivity contribution in [2.45, 2.75) is 20.8 Å². The van der Waals surface area contributed by atoms with Gasteiger partial charge in [-0.25, -0.2) is 5.43 Å². The van der Waals surface area contributed by atoms with Crippen molar-refractivity contribution in [1.82, 2.24) is 5.43 Å². The highest BCUT2D eigenvalue weighted by atomic mass is 35.5. The van der Waals surface area contributed by atoms with Gasteiger partial charge in [0.25, 0.3) is 5.91 Å². The van der Waals surface area contributed by atoms with Gasteiger partial charge in [-0.15, -0.1) is 0 Å². The summed E-state index contributed by atoms with van der Waals surface area (Å²) in [4.78, 5) is 12.0. The van der Waals surface area contributed by atoms with Crippen molar-refractivity contribution >= 4 is 35.3 Å². The minimum Gasteiger partial charge on any atom is -0.483 e. The average Bonchev–Trinajstić information content (AvgIpc) is 3.15. The van der Waals surface area contributed by atoms with Gasteiger partial charge in [0.2, 0.25) is 0 Å². The van der Waals surface area contributed by atoms with Gasteiger partial charge in [0, 0.05) is 10.6 Å². The van der Waals surface area contributed by atoms with Crippen LogP contribution in [0.2, 0.25) is 10.0 Å². The van der Waals surface area contributed by atoms with Crippen LogP contribution >= 0.6 is 23.2 Å². The zero-order chi connectivity index (χ0) is 21.0. The van der Waals surface area contributed by atoms with E-state index in [1.807, 2.05) is 32.9 Å². The molecule has 7 heteroatoms. The molecule has 0 spiro atoms. The molecule has 0 aliphatic rings. The van der Waals surface area contributed by atoms with E-state index in [4.69, 9.17) is 32.4 Å². The van der Waals surface area contributed by atoms with Crippen LogP contribution in [0.15, 0.2) is 52.0 Å². The molecular weight excluding hydrogens is 411 g/mol. The van der Waals surface area contributed by atoms with Gasteiger partial charge >= 0.3 is 0 Å². The quantitative estimate of drug-likeness (QED) is 0.402. The molecule has 0 aliphatic heterocycles. The number of hydrogen-bond donors (Lipinski definition) is 1. The van der Waals surface area contributed by atoms with E-state index in [-0.39, 0.29) is 12.5 Å². The normalized spacial score (nSPS) is 11.1. The molecule has 2 aromatic carbocycles. The van der Waals surface area contributed by atoms with Gasteiger partial charge in [-0.1, -0.05) is 35.3 Å². The molecular formula is C22H20Cl2N2O3. The molecule has 5 nitrogen and oxygen atoms in total. The third-order valence-corrected chi connectivity index (χ3v) is 4.99. The van der Waals surface area contributed by atoms with Crippen LogP contribution in [-0.4, -0.2) is 18.7 Å². The Hall–Kier alpha value is -2.76. The zero-order valence-corrected chi connectivity index (χ0v) is 17.8. The summed E-state index contributed by atoms with van der Waals surface area (Å²) in [5.74, 6) is 1.37. The van der Waals surface area contributed by atoms with Crippen LogP contribution in [0.25, 0.3) is 11.3 Å². The molecule has 29 heavy (non-hydrogen) atoms. The summed E-state index contributed by atoms with van der Waals surface area (Å²) in [5, 5.41) is 4.99. The minimum atomic E-state index is -0.369. The predicted molar refractivity (Wildman–Crippen MR) is 116 cm³/mol. The molecule has 0 unspecified atom stereocenters. The van der Waals surface area contributed by atoms with Gasteiger partial charge in [-0.2, -0.15) is 5.10 Å². The molecule has 0 fully saturated rings. The van der Waals surface area contributed by atoms with Crippen molar-refractivity contribution in [3.63, 3.8) is 0 Å². The van der Waals surface area contributed by atoms with Crippen LogP contribution in [0, 0.1) is 20.8 Å². The summed E-state index contributed by atoms with van der Waals surface area (Å²) in [6, 6.07) is 12.6. The molecule has 1 amide bonds. The summed E-state index contributed by atoms with van der Waals surface area (Å²) in [7, 11) is 0. The number of hydrogen-bond acceptors (Lipinski definition) is 4. The van der Waals surface area contributed by atoms with Gasteiger partial charge in [0.1, 0.15) is 17.3 Å². The molecule has 1 heterocycles. The first-order valence-corrected chi connectivity index (χ1v) is 9.67. The maximum absolute atomic E-state index is 12.0. The number of ether oxygens (including phenoxy) is 1. The molecule has 0 saturated heterocycles. The number of halogens is 2. The van der Waals surface area contributed by atoms with Crippen LogP contribution in [0.4, 0.5) is 0 Å². The van der Waals surface area contributed by atoms with E-state index in [1.165, 1.54) is 6.21 Å². The maximum Gasteiger partial charge on any atom is 0.277 e. The lowest BCUT2D eigenvalue weighted by atomic mass is 10.1. The Labute approximate surface area is 179 Å². The number of aryl methyl sites for hydroxylation is 2. The zero-order valence-electron chi connectivity index (χ0n) is 16.3. The lowest BCUT2D eigenvalue weighted by molar-refractivity contribution is -0.123. The van der Waals surface area contributed by atoms with E-state index in [0.717, 1.165) is 22.4 Å². The van der Waals surface area contributed by atoms with Crippen molar-refractivity contribution < 1.29 is 13.9 Å². The van der Waals surface area contributed by atoms with E-state index in [0.29, 0.717) is 27.1 Å². The molecule has 0 aliphatic carbocycles. The van der Waals surface area contributed by atoms with Crippen molar-refractivity contribution in [3.8, 4) is 17.1 Å². The summed E-state index contributed by atoms with van der Waals surface area (Å²) >= 11 is 12.2. The van der Waals surface area contributed by atoms with Gasteiger partial charge in [-0.05, 0) is 67.8 Å². The van der Waals surface area contributed by atoms with Gasteiger partial charge in [-0.3, -0.25) is 4.79 Å². The number of hydrazone groups is 1. The van der Waals surface area contributed by atoms with E-state index in [2.05, 4.69) is 10.5 Å². The average molecular weight is 431 g/mol. The molecule has 0 bridgehead atoms. The highest BCUT2D eigenvalue weighted by Gasteiger charge is 2.10. The highest BCUT2D eigenvalue weighted by molar-refractivity contribution is 6.35. The molecule has 0 radical (unpaired) electrons. The number of benzene rings is 2. The fourth-order valence-corrected chi connectivity index (χ4v) is 3.12. The summed E-state index contributed by atoms with van der Waals surface area (Å²) in [6.45, 7) is 5.77. The number of rotatable bonds is 6. The van der Waals surface area contributed by atoms with Crippen LogP contribution in [0.5, 0.6) is 5.75 Å². The number of furan rings is 1. The Morgan fingerprint density at radius 3 is 2.66 bits per heavy atom. The van der Waals surface area contributed by atoms with Crippen molar-refractivity contribution in [3.05, 3.63) is 75.0 Å². The first-order valence-electron chi connectivity index (χ1n) is 8.92. The molecule has 0 atom stereocenters. The molecule has 0 saturated carbocycles. The SMILES string of the molecule is Cc1ccc(C)c(OCC(=O)N/N=C\c2ccc(-c3cc(Cl)ccc3Cl)o2)c1C. The van der Waals surface area contributed by atoms with Crippen molar-refractivity contribution in [2.24, 2.45) is 5.10 Å². The molecule has 150 valence electrons. The molecule has 1 aromatic heterocycles. The number of nitrogens with zero attached hydrogens (tertiary/aromatic N) is 1. The lowest BCUT2D eigenvalue weighted by Gasteiger charge is -2.13. The standard InChI is InChI=1S/C22H20Cl2N2O3/c1-13-4-5-14(2)22(15(13)3)28-12-21(27)26-25-11-17-7-9-20(29-17)18-10-16(23)6-8-19(18)24/h4-11H,12H2,1-3H3,(H,26,27)/b25-11-. The molecule has 3 rings (SSSR count). The van der Waals surface area contributed by atoms with Crippen LogP contribution < -0.4 is 10.2 Å².